The molecule has 2 aromatic carbocycles. The van der Waals surface area contributed by atoms with Gasteiger partial charge >= 0.3 is 0 Å². The number of hydrogen-bond donors (Lipinski definition) is 5. The number of ketones is 2. The highest BCUT2D eigenvalue weighted by molar-refractivity contribution is 6.24. The van der Waals surface area contributed by atoms with Gasteiger partial charge in [0.2, 0.25) is 5.78 Å². The molecule has 1 fully saturated rings. The minimum atomic E-state index is -2.64. The zero-order chi connectivity index (χ0) is 26.1. The van der Waals surface area contributed by atoms with Gasteiger partial charge < -0.3 is 26.2 Å². The van der Waals surface area contributed by atoms with Crippen molar-refractivity contribution in [3.05, 3.63) is 70.5 Å². The smallest absolute Gasteiger partial charge is 0.255 e. The number of amides is 1. The number of phenols is 1. The first-order valence-electron chi connectivity index (χ1n) is 11.5. The fourth-order valence-electron chi connectivity index (χ4n) is 6.13. The summed E-state index contributed by atoms with van der Waals surface area (Å²) in [5, 5.41) is 44.4. The van der Waals surface area contributed by atoms with Crippen molar-refractivity contribution < 1.29 is 34.8 Å². The number of likely N-dealkylation sites (N-methyl/N-ethyl adjacent to an activating group) is 1. The second-order valence-corrected chi connectivity index (χ2v) is 9.81. The molecule has 0 spiro atoms. The lowest BCUT2D eigenvalue weighted by Crippen LogP contribution is -2.65. The first-order valence-corrected chi connectivity index (χ1v) is 11.5. The topological polar surface area (TPSA) is 161 Å². The second-order valence-electron chi connectivity index (χ2n) is 9.81. The van der Waals surface area contributed by atoms with Crippen molar-refractivity contribution in [3.8, 4) is 16.9 Å². The number of Topliss-reactive ketones (excluding diaryl/α,β-unsaturated/α-hetero) is 2. The third-order valence-corrected chi connectivity index (χ3v) is 7.69. The zero-order valence-corrected chi connectivity index (χ0v) is 19.7. The lowest BCUT2D eigenvalue weighted by atomic mass is 9.57. The number of phenolic OH excluding ortho intramolecular Hbond substituents is 1. The van der Waals surface area contributed by atoms with E-state index >= 15 is 0 Å². The van der Waals surface area contributed by atoms with Gasteiger partial charge in [0, 0.05) is 11.5 Å². The monoisotopic (exact) mass is 490 g/mol. The minimum Gasteiger partial charge on any atom is -0.508 e. The van der Waals surface area contributed by atoms with E-state index in [1.165, 1.54) is 11.0 Å². The molecule has 3 aliphatic carbocycles. The summed E-state index contributed by atoms with van der Waals surface area (Å²) in [4.78, 5) is 40.5. The van der Waals surface area contributed by atoms with Crippen molar-refractivity contribution in [2.75, 3.05) is 14.1 Å². The SMILES string of the molecule is CN(C)[C@H]1C(=O)C(C(N)=O)=C(O)[C@@]2(O)C(=O)C3=C(O)c4c(O)ccc(-c5ccccc5)c4C[C@H]3C[C@@H]12. The molecule has 4 atom stereocenters. The first kappa shape index (κ1) is 23.8. The molecule has 0 bridgehead atoms. The number of hydrogen-bond acceptors (Lipinski definition) is 8. The van der Waals surface area contributed by atoms with E-state index in [4.69, 9.17) is 5.73 Å². The Morgan fingerprint density at radius 2 is 1.72 bits per heavy atom. The van der Waals surface area contributed by atoms with Gasteiger partial charge in [0.25, 0.3) is 5.91 Å². The fraction of sp³-hybridized carbons (Fsp3) is 0.296. The predicted octanol–water partition coefficient (Wildman–Crippen LogP) is 1.63. The van der Waals surface area contributed by atoms with Crippen molar-refractivity contribution in [1.82, 2.24) is 4.90 Å². The van der Waals surface area contributed by atoms with Crippen molar-refractivity contribution in [2.24, 2.45) is 17.6 Å². The normalized spacial score (nSPS) is 27.6. The third-order valence-electron chi connectivity index (χ3n) is 7.69. The molecule has 9 heteroatoms. The minimum absolute atomic E-state index is 0.0512. The van der Waals surface area contributed by atoms with E-state index in [1.807, 2.05) is 30.3 Å². The summed E-state index contributed by atoms with van der Waals surface area (Å²) >= 11 is 0. The molecule has 5 rings (SSSR count). The van der Waals surface area contributed by atoms with Gasteiger partial charge in [-0.05, 0) is 55.6 Å². The van der Waals surface area contributed by atoms with Gasteiger partial charge in [-0.3, -0.25) is 19.3 Å². The lowest BCUT2D eigenvalue weighted by molar-refractivity contribution is -0.153. The zero-order valence-electron chi connectivity index (χ0n) is 19.7. The quantitative estimate of drug-likeness (QED) is 0.406. The van der Waals surface area contributed by atoms with Crippen molar-refractivity contribution >= 4 is 23.2 Å². The average Bonchev–Trinajstić information content (AvgIpc) is 2.81. The van der Waals surface area contributed by atoms with E-state index in [9.17, 15) is 34.8 Å². The Morgan fingerprint density at radius 1 is 1.06 bits per heavy atom. The molecular formula is C27H26N2O7. The Balaban J connectivity index is 1.75. The highest BCUT2D eigenvalue weighted by atomic mass is 16.3. The number of aromatic hydroxyl groups is 1. The highest BCUT2D eigenvalue weighted by Crippen LogP contribution is 2.53. The summed E-state index contributed by atoms with van der Waals surface area (Å²) in [6, 6.07) is 11.4. The molecule has 1 saturated carbocycles. The molecular weight excluding hydrogens is 464 g/mol. The van der Waals surface area contributed by atoms with Crippen molar-refractivity contribution in [1.29, 1.82) is 0 Å². The third kappa shape index (κ3) is 3.06. The van der Waals surface area contributed by atoms with Gasteiger partial charge in [0.05, 0.1) is 11.6 Å². The van der Waals surface area contributed by atoms with Gasteiger partial charge in [-0.25, -0.2) is 0 Å². The summed E-state index contributed by atoms with van der Waals surface area (Å²) in [5.74, 6) is -6.61. The van der Waals surface area contributed by atoms with Crippen LogP contribution in [0.15, 0.2) is 59.4 Å². The van der Waals surface area contributed by atoms with Crippen LogP contribution in [-0.4, -0.2) is 68.5 Å². The van der Waals surface area contributed by atoms with E-state index in [1.54, 1.807) is 20.2 Å². The summed E-state index contributed by atoms with van der Waals surface area (Å²) in [5.41, 5.74) is 4.04. The van der Waals surface area contributed by atoms with Crippen LogP contribution in [0, 0.1) is 11.8 Å². The maximum Gasteiger partial charge on any atom is 0.255 e. The number of nitrogens with two attached hydrogens (primary N) is 1. The number of nitrogens with zero attached hydrogens (tertiary/aromatic N) is 1. The van der Waals surface area contributed by atoms with Crippen LogP contribution >= 0.6 is 0 Å². The number of carbonyl (C=O) groups excluding carboxylic acids is 3. The number of carbonyl (C=O) groups is 3. The van der Waals surface area contributed by atoms with Crippen LogP contribution < -0.4 is 5.73 Å². The van der Waals surface area contributed by atoms with E-state index in [-0.39, 0.29) is 29.7 Å². The summed E-state index contributed by atoms with van der Waals surface area (Å²) in [6.07, 6.45) is 0.294. The summed E-state index contributed by atoms with van der Waals surface area (Å²) in [7, 11) is 3.14. The van der Waals surface area contributed by atoms with E-state index in [0.717, 1.165) is 11.1 Å². The number of fused-ring (bicyclic) bond motifs is 3. The molecule has 0 saturated heterocycles. The number of benzene rings is 2. The van der Waals surface area contributed by atoms with E-state index in [2.05, 4.69) is 0 Å². The molecule has 0 aliphatic heterocycles. The number of aliphatic hydroxyl groups is 3. The van der Waals surface area contributed by atoms with Crippen molar-refractivity contribution in [3.63, 3.8) is 0 Å². The maximum absolute atomic E-state index is 13.8. The van der Waals surface area contributed by atoms with Crippen LogP contribution in [0.2, 0.25) is 0 Å². The summed E-state index contributed by atoms with van der Waals surface area (Å²) < 4.78 is 0. The lowest BCUT2D eigenvalue weighted by Gasteiger charge is -2.50. The fourth-order valence-corrected chi connectivity index (χ4v) is 6.13. The largest absolute Gasteiger partial charge is 0.508 e. The Hall–Kier alpha value is -3.95. The van der Waals surface area contributed by atoms with Crippen LogP contribution in [0.3, 0.4) is 0 Å². The van der Waals surface area contributed by atoms with E-state index in [0.29, 0.717) is 5.56 Å². The van der Waals surface area contributed by atoms with E-state index < -0.39 is 58.0 Å². The summed E-state index contributed by atoms with van der Waals surface area (Å²) in [6.45, 7) is 0. The van der Waals surface area contributed by atoms with Crippen LogP contribution in [0.4, 0.5) is 0 Å². The predicted molar refractivity (Wildman–Crippen MR) is 130 cm³/mol. The van der Waals surface area contributed by atoms with Gasteiger partial charge in [-0.15, -0.1) is 0 Å². The molecule has 36 heavy (non-hydrogen) atoms. The Bertz CT molecular complexity index is 1390. The molecule has 186 valence electrons. The number of aliphatic hydroxyl groups excluding tert-OH is 2. The molecule has 0 radical (unpaired) electrons. The Morgan fingerprint density at radius 3 is 2.33 bits per heavy atom. The average molecular weight is 491 g/mol. The molecule has 6 N–H and O–H groups in total. The van der Waals surface area contributed by atoms with Crippen LogP contribution in [0.25, 0.3) is 16.9 Å². The standard InChI is InChI=1S/C27H26N2O7/c1-29(2)21-16-11-13-10-15-14(12-6-4-3-5-7-12)8-9-17(30)19(15)22(31)18(13)24(33)27(16,36)25(34)20(23(21)32)26(28)35/h3-9,13,16,21,30-31,34,36H,10-11H2,1-2H3,(H2,28,35)/t13-,16-,21+,27-/m0/s1. The van der Waals surface area contributed by atoms with Crippen LogP contribution in [0.5, 0.6) is 5.75 Å². The molecule has 0 heterocycles. The highest BCUT2D eigenvalue weighted by Gasteiger charge is 2.64. The second kappa shape index (κ2) is 8.04. The molecule has 1 amide bonds. The van der Waals surface area contributed by atoms with Crippen LogP contribution in [-0.2, 0) is 20.8 Å². The first-order chi connectivity index (χ1) is 17.0. The van der Waals surface area contributed by atoms with Crippen molar-refractivity contribution in [2.45, 2.75) is 24.5 Å². The molecule has 9 nitrogen and oxygen atoms in total. The molecule has 3 aliphatic rings. The maximum atomic E-state index is 13.8. The Kier molecular flexibility index (Phi) is 5.31. The number of primary amides is 1. The molecule has 0 aromatic heterocycles. The van der Waals surface area contributed by atoms with Gasteiger partial charge in [-0.2, -0.15) is 0 Å². The molecule has 0 unspecified atom stereocenters. The van der Waals surface area contributed by atoms with Gasteiger partial charge in [0.15, 0.2) is 11.4 Å². The number of rotatable bonds is 3. The Labute approximate surface area is 206 Å². The molecule has 2 aromatic rings. The van der Waals surface area contributed by atoms with Gasteiger partial charge in [0.1, 0.15) is 22.8 Å². The van der Waals surface area contributed by atoms with Crippen LogP contribution in [0.1, 0.15) is 17.5 Å². The van der Waals surface area contributed by atoms with Gasteiger partial charge in [-0.1, -0.05) is 36.4 Å².